The van der Waals surface area contributed by atoms with Crippen LogP contribution in [0.25, 0.3) is 0 Å². The molecule has 1 saturated carbocycles. The first-order chi connectivity index (χ1) is 8.34. The Kier molecular flexibility index (Phi) is 8.78. The Bertz CT molecular complexity index is 155. The third kappa shape index (κ3) is 7.08. The minimum atomic E-state index is -0.0251. The summed E-state index contributed by atoms with van der Waals surface area (Å²) in [5, 5.41) is 10.2. The Balaban J connectivity index is 2.31. The van der Waals surface area contributed by atoms with Crippen LogP contribution in [0.2, 0.25) is 0 Å². The van der Waals surface area contributed by atoms with E-state index in [0.717, 1.165) is 12.8 Å². The van der Waals surface area contributed by atoms with E-state index in [2.05, 4.69) is 6.92 Å². The molecule has 0 aliphatic heterocycles. The quantitative estimate of drug-likeness (QED) is 0.730. The summed E-state index contributed by atoms with van der Waals surface area (Å²) in [7, 11) is 0. The van der Waals surface area contributed by atoms with Crippen LogP contribution in [0.4, 0.5) is 0 Å². The molecule has 0 saturated heterocycles. The fourth-order valence-electron chi connectivity index (χ4n) is 3.11. The van der Waals surface area contributed by atoms with E-state index >= 15 is 0 Å². The van der Waals surface area contributed by atoms with E-state index in [4.69, 9.17) is 0 Å². The molecule has 1 aliphatic rings. The molecular weight excluding hydrogens is 208 g/mol. The van der Waals surface area contributed by atoms with Gasteiger partial charge in [-0.15, -0.1) is 0 Å². The highest BCUT2D eigenvalue weighted by molar-refractivity contribution is 4.69. The first kappa shape index (κ1) is 15.0. The average Bonchev–Trinajstić information content (AvgIpc) is 2.30. The second-order valence-electron chi connectivity index (χ2n) is 5.88. The van der Waals surface area contributed by atoms with Gasteiger partial charge in [0.25, 0.3) is 0 Å². The number of aliphatic hydroxyl groups excluding tert-OH is 1. The fourth-order valence-corrected chi connectivity index (χ4v) is 3.11. The van der Waals surface area contributed by atoms with Crippen molar-refractivity contribution in [1.82, 2.24) is 0 Å². The lowest BCUT2D eigenvalue weighted by atomic mass is 9.87. The van der Waals surface area contributed by atoms with E-state index in [1.165, 1.54) is 70.6 Å². The molecule has 1 nitrogen and oxygen atoms in total. The van der Waals surface area contributed by atoms with Crippen LogP contribution >= 0.6 is 0 Å². The van der Waals surface area contributed by atoms with E-state index < -0.39 is 0 Å². The van der Waals surface area contributed by atoms with Gasteiger partial charge in [0, 0.05) is 0 Å². The van der Waals surface area contributed by atoms with Gasteiger partial charge in [-0.25, -0.2) is 0 Å². The van der Waals surface area contributed by atoms with Gasteiger partial charge in [-0.05, 0) is 25.2 Å². The van der Waals surface area contributed by atoms with Gasteiger partial charge in [0.1, 0.15) is 0 Å². The Labute approximate surface area is 108 Å². The normalized spacial score (nSPS) is 23.6. The van der Waals surface area contributed by atoms with Crippen LogP contribution in [-0.4, -0.2) is 11.2 Å². The average molecular weight is 240 g/mol. The lowest BCUT2D eigenvalue weighted by molar-refractivity contribution is 0.0847. The molecule has 1 atom stereocenters. The zero-order valence-electron chi connectivity index (χ0n) is 11.8. The maximum absolute atomic E-state index is 10.2. The van der Waals surface area contributed by atoms with Crippen molar-refractivity contribution in [2.24, 2.45) is 5.92 Å². The molecule has 1 N–H and O–H groups in total. The molecule has 1 heteroatoms. The molecule has 0 spiro atoms. The molecular formula is C16H32O. The SMILES string of the molecule is CCCC(O)C1CCCCCCCCCCC1. The third-order valence-corrected chi connectivity index (χ3v) is 4.28. The van der Waals surface area contributed by atoms with E-state index in [1.54, 1.807) is 0 Å². The zero-order valence-corrected chi connectivity index (χ0v) is 11.8. The van der Waals surface area contributed by atoms with Crippen molar-refractivity contribution in [2.45, 2.75) is 96.5 Å². The van der Waals surface area contributed by atoms with Crippen LogP contribution in [0.15, 0.2) is 0 Å². The molecule has 0 aromatic carbocycles. The minimum absolute atomic E-state index is 0.0251. The first-order valence-corrected chi connectivity index (χ1v) is 8.02. The lowest BCUT2D eigenvalue weighted by Gasteiger charge is -2.23. The fraction of sp³-hybridized carbons (Fsp3) is 1.00. The summed E-state index contributed by atoms with van der Waals surface area (Å²) in [5.41, 5.74) is 0. The molecule has 1 fully saturated rings. The Morgan fingerprint density at radius 3 is 1.65 bits per heavy atom. The van der Waals surface area contributed by atoms with E-state index in [1.807, 2.05) is 0 Å². The summed E-state index contributed by atoms with van der Waals surface area (Å²) >= 11 is 0. The number of hydrogen-bond donors (Lipinski definition) is 1. The lowest BCUT2D eigenvalue weighted by Crippen LogP contribution is -2.20. The second kappa shape index (κ2) is 9.94. The molecule has 1 unspecified atom stereocenters. The van der Waals surface area contributed by atoms with E-state index in [9.17, 15) is 5.11 Å². The van der Waals surface area contributed by atoms with Crippen LogP contribution in [0.3, 0.4) is 0 Å². The molecule has 0 bridgehead atoms. The van der Waals surface area contributed by atoms with Crippen LogP contribution in [0, 0.1) is 5.92 Å². The zero-order chi connectivity index (χ0) is 12.3. The number of aliphatic hydroxyl groups is 1. The van der Waals surface area contributed by atoms with Crippen molar-refractivity contribution in [3.8, 4) is 0 Å². The third-order valence-electron chi connectivity index (χ3n) is 4.28. The highest BCUT2D eigenvalue weighted by Crippen LogP contribution is 2.25. The number of hydrogen-bond acceptors (Lipinski definition) is 1. The largest absolute Gasteiger partial charge is 0.393 e. The van der Waals surface area contributed by atoms with Gasteiger partial charge in [0.05, 0.1) is 6.10 Å². The smallest absolute Gasteiger partial charge is 0.0568 e. The van der Waals surface area contributed by atoms with Gasteiger partial charge in [-0.2, -0.15) is 0 Å². The summed E-state index contributed by atoms with van der Waals surface area (Å²) in [6.45, 7) is 2.18. The van der Waals surface area contributed by atoms with Crippen LogP contribution in [0.1, 0.15) is 90.4 Å². The van der Waals surface area contributed by atoms with Crippen molar-refractivity contribution < 1.29 is 5.11 Å². The second-order valence-corrected chi connectivity index (χ2v) is 5.88. The Hall–Kier alpha value is -0.0400. The molecule has 0 aromatic heterocycles. The maximum atomic E-state index is 10.2. The molecule has 0 aromatic rings. The van der Waals surface area contributed by atoms with Gasteiger partial charge in [0.2, 0.25) is 0 Å². The van der Waals surface area contributed by atoms with Gasteiger partial charge < -0.3 is 5.11 Å². The van der Waals surface area contributed by atoms with Gasteiger partial charge in [-0.1, -0.05) is 71.1 Å². The van der Waals surface area contributed by atoms with Gasteiger partial charge in [-0.3, -0.25) is 0 Å². The molecule has 102 valence electrons. The van der Waals surface area contributed by atoms with Crippen molar-refractivity contribution in [3.05, 3.63) is 0 Å². The first-order valence-electron chi connectivity index (χ1n) is 8.02. The molecule has 0 radical (unpaired) electrons. The molecule has 1 rings (SSSR count). The minimum Gasteiger partial charge on any atom is -0.393 e. The van der Waals surface area contributed by atoms with Crippen molar-refractivity contribution in [3.63, 3.8) is 0 Å². The summed E-state index contributed by atoms with van der Waals surface area (Å²) in [5.74, 6) is 0.592. The summed E-state index contributed by atoms with van der Waals surface area (Å²) in [4.78, 5) is 0. The van der Waals surface area contributed by atoms with Crippen molar-refractivity contribution >= 4 is 0 Å². The monoisotopic (exact) mass is 240 g/mol. The summed E-state index contributed by atoms with van der Waals surface area (Å²) < 4.78 is 0. The number of rotatable bonds is 3. The maximum Gasteiger partial charge on any atom is 0.0568 e. The summed E-state index contributed by atoms with van der Waals surface area (Å²) in [6, 6.07) is 0. The predicted octanol–water partition coefficient (Wildman–Crippen LogP) is 5.07. The van der Waals surface area contributed by atoms with Crippen LogP contribution in [0.5, 0.6) is 0 Å². The van der Waals surface area contributed by atoms with Gasteiger partial charge >= 0.3 is 0 Å². The molecule has 17 heavy (non-hydrogen) atoms. The van der Waals surface area contributed by atoms with Crippen molar-refractivity contribution in [1.29, 1.82) is 0 Å². The molecule has 0 amide bonds. The Morgan fingerprint density at radius 1 is 0.824 bits per heavy atom. The highest BCUT2D eigenvalue weighted by atomic mass is 16.3. The van der Waals surface area contributed by atoms with Crippen LogP contribution < -0.4 is 0 Å². The Morgan fingerprint density at radius 2 is 1.24 bits per heavy atom. The summed E-state index contributed by atoms with van der Waals surface area (Å²) in [6.07, 6.45) is 17.2. The van der Waals surface area contributed by atoms with Crippen LogP contribution in [-0.2, 0) is 0 Å². The van der Waals surface area contributed by atoms with Gasteiger partial charge in [0.15, 0.2) is 0 Å². The molecule has 0 heterocycles. The van der Waals surface area contributed by atoms with E-state index in [0.29, 0.717) is 5.92 Å². The van der Waals surface area contributed by atoms with E-state index in [-0.39, 0.29) is 6.10 Å². The highest BCUT2D eigenvalue weighted by Gasteiger charge is 2.17. The van der Waals surface area contributed by atoms with Crippen molar-refractivity contribution in [2.75, 3.05) is 0 Å². The standard InChI is InChI=1S/C16H32O/c1-2-12-16(17)15-13-10-8-6-4-3-5-7-9-11-14-15/h15-17H,2-14H2,1H3. The predicted molar refractivity (Wildman–Crippen MR) is 75.2 cm³/mol. The molecule has 1 aliphatic carbocycles. The topological polar surface area (TPSA) is 20.2 Å².